The normalized spacial score (nSPS) is 12.5. The van der Waals surface area contributed by atoms with E-state index in [0.717, 1.165) is 6.42 Å². The molecule has 0 saturated carbocycles. The van der Waals surface area contributed by atoms with Gasteiger partial charge in [0.25, 0.3) is 0 Å². The van der Waals surface area contributed by atoms with E-state index in [2.05, 4.69) is 0 Å². The van der Waals surface area contributed by atoms with Crippen LogP contribution in [0.5, 0.6) is 0 Å². The Morgan fingerprint density at radius 1 is 1.35 bits per heavy atom. The molecule has 0 aliphatic rings. The maximum Gasteiger partial charge on any atom is 0.125 e. The molecule has 0 saturated heterocycles. The molecule has 90 valence electrons. The Hall–Kier alpha value is -1.20. The number of thiophene rings is 1. The summed E-state index contributed by atoms with van der Waals surface area (Å²) < 4.78 is 24.8. The van der Waals surface area contributed by atoms with Gasteiger partial charge in [0, 0.05) is 5.75 Å². The average molecular weight is 269 g/mol. The first-order valence-corrected chi connectivity index (χ1v) is 7.37. The molecular weight excluding hydrogens is 257 g/mol. The Balaban J connectivity index is 2.04. The molecule has 0 fully saturated rings. The second kappa shape index (κ2) is 5.42. The number of halogens is 1. The molecule has 0 spiro atoms. The molecule has 2 N–H and O–H groups in total. The van der Waals surface area contributed by atoms with Crippen molar-refractivity contribution in [3.63, 3.8) is 0 Å². The first-order valence-electron chi connectivity index (χ1n) is 5.11. The Labute approximate surface area is 106 Å². The average Bonchev–Trinajstić information content (AvgIpc) is 2.78. The molecule has 2 aromatic rings. The van der Waals surface area contributed by atoms with E-state index in [9.17, 15) is 8.60 Å². The summed E-state index contributed by atoms with van der Waals surface area (Å²) in [6.45, 7) is 0. The van der Waals surface area contributed by atoms with Crippen molar-refractivity contribution in [2.45, 2.75) is 11.3 Å². The predicted molar refractivity (Wildman–Crippen MR) is 70.1 cm³/mol. The van der Waals surface area contributed by atoms with Crippen molar-refractivity contribution in [1.82, 2.24) is 0 Å². The van der Waals surface area contributed by atoms with Gasteiger partial charge in [-0.2, -0.15) is 11.3 Å². The van der Waals surface area contributed by atoms with Crippen LogP contribution in [-0.4, -0.2) is 9.96 Å². The fourth-order valence-electron chi connectivity index (χ4n) is 1.48. The van der Waals surface area contributed by atoms with Crippen LogP contribution in [0.25, 0.3) is 0 Å². The van der Waals surface area contributed by atoms with Gasteiger partial charge < -0.3 is 5.73 Å². The van der Waals surface area contributed by atoms with Crippen LogP contribution < -0.4 is 5.73 Å². The van der Waals surface area contributed by atoms with Gasteiger partial charge in [0.15, 0.2) is 0 Å². The van der Waals surface area contributed by atoms with Crippen LogP contribution in [0.15, 0.2) is 39.9 Å². The molecule has 5 heteroatoms. The number of nitrogens with two attached hydrogens (primary N) is 1. The first kappa shape index (κ1) is 12.3. The minimum Gasteiger partial charge on any atom is -0.398 e. The number of rotatable bonds is 4. The number of hydrogen-bond acceptors (Lipinski definition) is 3. The van der Waals surface area contributed by atoms with E-state index in [4.69, 9.17) is 5.73 Å². The molecule has 0 amide bonds. The van der Waals surface area contributed by atoms with Crippen LogP contribution in [0.1, 0.15) is 5.56 Å². The fraction of sp³-hybridized carbons (Fsp3) is 0.167. The topological polar surface area (TPSA) is 43.1 Å². The molecule has 1 atom stereocenters. The quantitative estimate of drug-likeness (QED) is 0.867. The lowest BCUT2D eigenvalue weighted by atomic mass is 10.3. The van der Waals surface area contributed by atoms with E-state index in [1.165, 1.54) is 23.8 Å². The maximum absolute atomic E-state index is 12.8. The smallest absolute Gasteiger partial charge is 0.125 e. The van der Waals surface area contributed by atoms with Crippen molar-refractivity contribution in [2.75, 3.05) is 11.5 Å². The molecule has 0 bridgehead atoms. The van der Waals surface area contributed by atoms with E-state index < -0.39 is 16.6 Å². The van der Waals surface area contributed by atoms with Gasteiger partial charge >= 0.3 is 0 Å². The SMILES string of the molecule is Nc1cc(F)ccc1S(=O)CCc1ccsc1. The number of anilines is 1. The highest BCUT2D eigenvalue weighted by molar-refractivity contribution is 7.85. The second-order valence-corrected chi connectivity index (χ2v) is 5.93. The summed E-state index contributed by atoms with van der Waals surface area (Å²) in [5, 5.41) is 4.02. The lowest BCUT2D eigenvalue weighted by Crippen LogP contribution is -2.04. The zero-order valence-electron chi connectivity index (χ0n) is 9.06. The largest absolute Gasteiger partial charge is 0.398 e. The standard InChI is InChI=1S/C12H12FNOS2/c13-10-1-2-12(11(14)7-10)17(15)6-4-9-3-5-16-8-9/h1-3,5,7-8H,4,6,14H2. The third-order valence-electron chi connectivity index (χ3n) is 2.37. The predicted octanol–water partition coefficient (Wildman–Crippen LogP) is 2.82. The number of hydrogen-bond donors (Lipinski definition) is 1. The molecule has 17 heavy (non-hydrogen) atoms. The van der Waals surface area contributed by atoms with Crippen LogP contribution in [0, 0.1) is 5.82 Å². The molecule has 1 heterocycles. The maximum atomic E-state index is 12.8. The highest BCUT2D eigenvalue weighted by atomic mass is 32.2. The van der Waals surface area contributed by atoms with Gasteiger partial charge in [-0.1, -0.05) is 0 Å². The van der Waals surface area contributed by atoms with Crippen LogP contribution in [0.3, 0.4) is 0 Å². The summed E-state index contributed by atoms with van der Waals surface area (Å²) in [6.07, 6.45) is 0.743. The van der Waals surface area contributed by atoms with E-state index >= 15 is 0 Å². The summed E-state index contributed by atoms with van der Waals surface area (Å²) in [6, 6.07) is 6.00. The molecule has 1 unspecified atom stereocenters. The third-order valence-corrected chi connectivity index (χ3v) is 4.54. The summed E-state index contributed by atoms with van der Waals surface area (Å²) in [7, 11) is -1.17. The minimum atomic E-state index is -1.17. The molecule has 1 aromatic carbocycles. The van der Waals surface area contributed by atoms with Gasteiger partial charge in [-0.3, -0.25) is 4.21 Å². The Morgan fingerprint density at radius 3 is 2.82 bits per heavy atom. The molecule has 2 rings (SSSR count). The second-order valence-electron chi connectivity index (χ2n) is 3.61. The van der Waals surface area contributed by atoms with Gasteiger partial charge in [-0.15, -0.1) is 0 Å². The van der Waals surface area contributed by atoms with E-state index in [1.54, 1.807) is 11.3 Å². The number of benzene rings is 1. The third kappa shape index (κ3) is 3.14. The van der Waals surface area contributed by atoms with Gasteiger partial charge in [0.05, 0.1) is 21.4 Å². The van der Waals surface area contributed by atoms with Crippen LogP contribution >= 0.6 is 11.3 Å². The van der Waals surface area contributed by atoms with Gasteiger partial charge in [-0.05, 0) is 47.0 Å². The lowest BCUT2D eigenvalue weighted by molar-refractivity contribution is 0.627. The Morgan fingerprint density at radius 2 is 2.18 bits per heavy atom. The Kier molecular flexibility index (Phi) is 3.91. The van der Waals surface area contributed by atoms with Crippen molar-refractivity contribution in [1.29, 1.82) is 0 Å². The highest BCUT2D eigenvalue weighted by Crippen LogP contribution is 2.18. The van der Waals surface area contributed by atoms with Crippen molar-refractivity contribution >= 4 is 27.8 Å². The van der Waals surface area contributed by atoms with Gasteiger partial charge in [0.1, 0.15) is 5.82 Å². The highest BCUT2D eigenvalue weighted by Gasteiger charge is 2.09. The Bertz CT molecular complexity index is 525. The minimum absolute atomic E-state index is 0.258. The van der Waals surface area contributed by atoms with Crippen LogP contribution in [0.4, 0.5) is 10.1 Å². The van der Waals surface area contributed by atoms with Crippen molar-refractivity contribution in [3.05, 3.63) is 46.4 Å². The molecule has 0 radical (unpaired) electrons. The van der Waals surface area contributed by atoms with Gasteiger partial charge in [-0.25, -0.2) is 4.39 Å². The molecule has 1 aromatic heterocycles. The molecule has 2 nitrogen and oxygen atoms in total. The van der Waals surface area contributed by atoms with Crippen molar-refractivity contribution in [3.8, 4) is 0 Å². The van der Waals surface area contributed by atoms with E-state index in [-0.39, 0.29) is 5.69 Å². The number of aryl methyl sites for hydroxylation is 1. The summed E-state index contributed by atoms with van der Waals surface area (Å²) >= 11 is 1.62. The summed E-state index contributed by atoms with van der Waals surface area (Å²) in [5.41, 5.74) is 7.07. The number of nitrogen functional groups attached to an aromatic ring is 1. The fourth-order valence-corrected chi connectivity index (χ4v) is 3.37. The summed E-state index contributed by atoms with van der Waals surface area (Å²) in [5.74, 6) is 0.105. The zero-order valence-corrected chi connectivity index (χ0v) is 10.7. The first-order chi connectivity index (χ1) is 8.16. The summed E-state index contributed by atoms with van der Waals surface area (Å²) in [4.78, 5) is 0.515. The van der Waals surface area contributed by atoms with Gasteiger partial charge in [0.2, 0.25) is 0 Å². The van der Waals surface area contributed by atoms with E-state index in [0.29, 0.717) is 10.6 Å². The monoisotopic (exact) mass is 269 g/mol. The molecule has 0 aliphatic carbocycles. The van der Waals surface area contributed by atoms with E-state index in [1.807, 2.05) is 16.8 Å². The van der Waals surface area contributed by atoms with Crippen molar-refractivity contribution < 1.29 is 8.60 Å². The van der Waals surface area contributed by atoms with Crippen molar-refractivity contribution in [2.24, 2.45) is 0 Å². The van der Waals surface area contributed by atoms with Crippen LogP contribution in [-0.2, 0) is 17.2 Å². The molecular formula is C12H12FNOS2. The lowest BCUT2D eigenvalue weighted by Gasteiger charge is -2.05. The molecule has 0 aliphatic heterocycles. The van der Waals surface area contributed by atoms with Crippen LogP contribution in [0.2, 0.25) is 0 Å². The zero-order chi connectivity index (χ0) is 12.3.